The first kappa shape index (κ1) is 17.3. The molecule has 194 valence electrons. The second-order valence-electron chi connectivity index (χ2n) is 7.22. The van der Waals surface area contributed by atoms with Gasteiger partial charge in [0.05, 0.1) is 28.7 Å². The molecule has 1 unspecified atom stereocenters. The number of nitrogens with zero attached hydrogens (tertiary/aromatic N) is 3. The lowest BCUT2D eigenvalue weighted by Crippen LogP contribution is -2.55. The molecule has 0 aromatic carbocycles. The largest absolute Gasteiger partial charge is 0.477 e. The first-order chi connectivity index (χ1) is 21.6. The highest BCUT2D eigenvalue weighted by Crippen LogP contribution is 2.27. The molecule has 37 heavy (non-hydrogen) atoms. The second kappa shape index (κ2) is 12.3. The number of carboxylic acid groups (broad SMARTS) is 1. The number of hydrogen-bond donors (Lipinski definition) is 3. The molecule has 3 aromatic heterocycles. The second-order valence-corrected chi connectivity index (χ2v) is 8.47. The van der Waals surface area contributed by atoms with Crippen LogP contribution in [0.2, 0.25) is 10.0 Å². The van der Waals surface area contributed by atoms with Gasteiger partial charge in [-0.15, -0.1) is 0 Å². The number of pyridine rings is 3. The molecule has 0 saturated carbocycles. The van der Waals surface area contributed by atoms with Crippen LogP contribution in [0.5, 0.6) is 0 Å². The van der Waals surface area contributed by atoms with E-state index < -0.39 is 94.8 Å². The predicted octanol–water partition coefficient (Wildman–Crippen LogP) is 4.54. The number of carboxylic acids is 1. The van der Waals surface area contributed by atoms with Gasteiger partial charge in [0.15, 0.2) is 5.69 Å². The summed E-state index contributed by atoms with van der Waals surface area (Å²) in [6, 6.07) is 1.54. The zero-order valence-corrected chi connectivity index (χ0v) is 20.7. The van der Waals surface area contributed by atoms with E-state index >= 15 is 0 Å². The summed E-state index contributed by atoms with van der Waals surface area (Å²) in [5.41, 5.74) is -3.78. The van der Waals surface area contributed by atoms with Crippen LogP contribution in [0.1, 0.15) is 51.4 Å². The van der Waals surface area contributed by atoms with Gasteiger partial charge in [0, 0.05) is 26.8 Å². The number of hydrogen-bond acceptors (Lipinski definition) is 7. The number of carbonyl (C=O) groups excluding carboxylic acids is 1. The average Bonchev–Trinajstić information content (AvgIpc) is 2.97. The third kappa shape index (κ3) is 7.16. The monoisotopic (exact) mass is 575 g/mol. The third-order valence-corrected chi connectivity index (χ3v) is 5.21. The van der Waals surface area contributed by atoms with Crippen molar-refractivity contribution in [1.29, 1.82) is 0 Å². The van der Waals surface area contributed by atoms with Gasteiger partial charge in [-0.05, 0) is 54.6 Å². The van der Waals surface area contributed by atoms with Gasteiger partial charge in [-0.25, -0.2) is 24.1 Å². The van der Waals surface area contributed by atoms with E-state index in [9.17, 15) is 14.0 Å². The number of nitrogens with one attached hydrogen (secondary N) is 2. The van der Waals surface area contributed by atoms with Gasteiger partial charge < -0.3 is 20.5 Å². The Labute approximate surface area is 241 Å². The van der Waals surface area contributed by atoms with Crippen LogP contribution < -0.4 is 10.6 Å². The van der Waals surface area contributed by atoms with Gasteiger partial charge in [-0.2, -0.15) is 0 Å². The fraction of sp³-hybridized carbons (Fsp3) is 0.250. The SMILES string of the molecule is [2H]c1nc(C(=O)Nc2cc(C3(CF)COCC(=S)N3)ccn2)c(C([2H])([2H])[2H])c([2H])c1Cl.[2H]c1nc(C(=O)O)c(C([2H])([2H])[2H])c([2H])c1Cl. The Morgan fingerprint density at radius 2 is 1.89 bits per heavy atom. The molecule has 0 aliphatic carbocycles. The Kier molecular flexibility index (Phi) is 5.76. The molecule has 0 bridgehead atoms. The topological polar surface area (TPSA) is 126 Å². The van der Waals surface area contributed by atoms with Crippen molar-refractivity contribution in [2.45, 2.75) is 19.2 Å². The maximum absolute atomic E-state index is 13.9. The molecule has 3 aromatic rings. The molecule has 1 atom stereocenters. The molecular weight excluding hydrogens is 544 g/mol. The summed E-state index contributed by atoms with van der Waals surface area (Å²) in [4.78, 5) is 34.8. The van der Waals surface area contributed by atoms with Gasteiger partial charge in [-0.1, -0.05) is 35.4 Å². The molecule has 9 nitrogen and oxygen atoms in total. The van der Waals surface area contributed by atoms with Crippen molar-refractivity contribution >= 4 is 58.1 Å². The fourth-order valence-corrected chi connectivity index (χ4v) is 3.52. The van der Waals surface area contributed by atoms with Gasteiger partial charge >= 0.3 is 5.97 Å². The first-order valence-corrected chi connectivity index (χ1v) is 11.1. The Balaban J connectivity index is 0.000000316. The summed E-state index contributed by atoms with van der Waals surface area (Å²) in [7, 11) is 0. The number of alkyl halides is 1. The molecule has 0 radical (unpaired) electrons. The molecule has 1 aliphatic rings. The molecule has 3 N–H and O–H groups in total. The summed E-state index contributed by atoms with van der Waals surface area (Å²) in [5.74, 6) is -2.64. The molecule has 4 rings (SSSR count). The smallest absolute Gasteiger partial charge is 0.354 e. The number of anilines is 1. The Bertz CT molecular complexity index is 1750. The standard InChI is InChI=1S/C17H16ClFN4O2S.C7H6ClNO2/c1-10-4-12(18)6-21-15(10)16(24)22-13-5-11(2-3-20-13)17(8-19)9-25-7-14(26)23-17;1-4-2-5(8)3-9-6(4)7(10)11/h2-6H,7-9H2,1H3,(H,23,26)(H,20,22,24);2-3H,1H3,(H,10,11)/i1D3,4D,6D;1D3,2D,3D. The number of aromatic carboxylic acids is 1. The van der Waals surface area contributed by atoms with Crippen molar-refractivity contribution in [2.75, 3.05) is 25.2 Å². The summed E-state index contributed by atoms with van der Waals surface area (Å²) >= 11 is 16.3. The predicted molar refractivity (Wildman–Crippen MR) is 141 cm³/mol. The number of thiocarbonyl (C=S) groups is 1. The number of carbonyl (C=O) groups is 2. The van der Waals surface area contributed by atoms with Crippen molar-refractivity contribution in [3.8, 4) is 0 Å². The van der Waals surface area contributed by atoms with Gasteiger partial charge in [0.2, 0.25) is 0 Å². The lowest BCUT2D eigenvalue weighted by Gasteiger charge is -2.37. The van der Waals surface area contributed by atoms with Crippen LogP contribution in [-0.4, -0.2) is 56.8 Å². The summed E-state index contributed by atoms with van der Waals surface area (Å²) in [6.45, 7) is -6.38. The van der Waals surface area contributed by atoms with E-state index in [2.05, 4.69) is 25.6 Å². The highest BCUT2D eigenvalue weighted by atomic mass is 35.5. The zero-order chi connectivity index (χ0) is 35.6. The minimum absolute atomic E-state index is 0.00656. The third-order valence-electron chi connectivity index (χ3n) is 4.64. The molecule has 4 heterocycles. The highest BCUT2D eigenvalue weighted by Gasteiger charge is 2.37. The summed E-state index contributed by atoms with van der Waals surface area (Å²) < 4.78 is 93.6. The van der Waals surface area contributed by atoms with Crippen LogP contribution in [0, 0.1) is 13.7 Å². The molecule has 0 spiro atoms. The van der Waals surface area contributed by atoms with Gasteiger partial charge in [-0.3, -0.25) is 4.79 Å². The lowest BCUT2D eigenvalue weighted by atomic mass is 9.91. The summed E-state index contributed by atoms with van der Waals surface area (Å²) in [6.07, 6.45) is 0.0880. The maximum atomic E-state index is 13.9. The number of morpholine rings is 1. The lowest BCUT2D eigenvalue weighted by molar-refractivity contribution is 0.0632. The van der Waals surface area contributed by atoms with E-state index in [0.717, 1.165) is 0 Å². The summed E-state index contributed by atoms with van der Waals surface area (Å²) in [5, 5.41) is 13.1. The zero-order valence-electron chi connectivity index (χ0n) is 28.4. The first-order valence-electron chi connectivity index (χ1n) is 14.9. The number of halogens is 3. The quantitative estimate of drug-likeness (QED) is 0.375. The van der Waals surface area contributed by atoms with E-state index in [4.69, 9.17) is 59.0 Å². The average molecular weight is 577 g/mol. The number of ether oxygens (including phenoxy) is 1. The van der Waals surface area contributed by atoms with E-state index in [1.165, 1.54) is 18.3 Å². The normalized spacial score (nSPS) is 21.3. The van der Waals surface area contributed by atoms with E-state index in [1.807, 2.05) is 0 Å². The minimum atomic E-state index is -2.87. The maximum Gasteiger partial charge on any atom is 0.354 e. The number of rotatable bonds is 5. The van der Waals surface area contributed by atoms with Gasteiger partial charge in [0.1, 0.15) is 28.7 Å². The molecule has 1 amide bonds. The number of aromatic nitrogens is 3. The van der Waals surface area contributed by atoms with Crippen LogP contribution in [-0.2, 0) is 10.3 Å². The van der Waals surface area contributed by atoms with Gasteiger partial charge in [0.25, 0.3) is 5.91 Å². The van der Waals surface area contributed by atoms with Crippen LogP contribution in [0.25, 0.3) is 0 Å². The molecular formula is C24H22Cl2FN5O4S. The Hall–Kier alpha value is -3.25. The number of amides is 1. The molecule has 13 heteroatoms. The van der Waals surface area contributed by atoms with Crippen molar-refractivity contribution in [2.24, 2.45) is 0 Å². The van der Waals surface area contributed by atoms with Crippen LogP contribution >= 0.6 is 35.4 Å². The van der Waals surface area contributed by atoms with Crippen LogP contribution in [0.4, 0.5) is 10.2 Å². The highest BCUT2D eigenvalue weighted by molar-refractivity contribution is 7.80. The van der Waals surface area contributed by atoms with Crippen molar-refractivity contribution in [3.63, 3.8) is 0 Å². The molecule has 1 fully saturated rings. The van der Waals surface area contributed by atoms with Crippen LogP contribution in [0.3, 0.4) is 0 Å². The van der Waals surface area contributed by atoms with Crippen molar-refractivity contribution in [1.82, 2.24) is 20.3 Å². The van der Waals surface area contributed by atoms with E-state index in [0.29, 0.717) is 10.6 Å². The minimum Gasteiger partial charge on any atom is -0.477 e. The molecule has 1 saturated heterocycles. The van der Waals surface area contributed by atoms with Crippen molar-refractivity contribution in [3.05, 3.63) is 80.9 Å². The Morgan fingerprint density at radius 1 is 1.24 bits per heavy atom. The molecule has 1 aliphatic heterocycles. The van der Waals surface area contributed by atoms with E-state index in [1.54, 1.807) is 0 Å². The Morgan fingerprint density at radius 3 is 2.49 bits per heavy atom. The van der Waals surface area contributed by atoms with E-state index in [-0.39, 0.29) is 19.0 Å². The van der Waals surface area contributed by atoms with Crippen molar-refractivity contribution < 1.29 is 37.5 Å². The fourth-order valence-electron chi connectivity index (χ4n) is 2.97. The van der Waals surface area contributed by atoms with Crippen LogP contribution in [0.15, 0.2) is 42.8 Å².